The fourth-order valence-corrected chi connectivity index (χ4v) is 2.36. The zero-order valence-electron chi connectivity index (χ0n) is 11.7. The molecule has 2 rings (SSSR count). The zero-order valence-corrected chi connectivity index (χ0v) is 11.7. The van der Waals surface area contributed by atoms with Gasteiger partial charge >= 0.3 is 0 Å². The maximum Gasteiger partial charge on any atom is 0.228 e. The summed E-state index contributed by atoms with van der Waals surface area (Å²) in [7, 11) is 0. The Morgan fingerprint density at radius 1 is 1.53 bits per heavy atom. The minimum atomic E-state index is 0.0839. The summed E-state index contributed by atoms with van der Waals surface area (Å²) in [4.78, 5) is 12.1. The number of hydrogen-bond acceptors (Lipinski definition) is 3. The third-order valence-electron chi connectivity index (χ3n) is 3.41. The molecule has 0 bridgehead atoms. The van der Waals surface area contributed by atoms with Crippen molar-refractivity contribution in [3.63, 3.8) is 0 Å². The fourth-order valence-electron chi connectivity index (χ4n) is 2.36. The summed E-state index contributed by atoms with van der Waals surface area (Å²) < 4.78 is 5.49. The average molecular weight is 262 g/mol. The number of rotatable bonds is 4. The van der Waals surface area contributed by atoms with Gasteiger partial charge in [0.1, 0.15) is 5.75 Å². The van der Waals surface area contributed by atoms with E-state index in [0.717, 1.165) is 42.9 Å². The van der Waals surface area contributed by atoms with Crippen molar-refractivity contribution in [3.8, 4) is 5.75 Å². The minimum Gasteiger partial charge on any atom is -0.494 e. The quantitative estimate of drug-likeness (QED) is 0.875. The molecule has 0 aliphatic carbocycles. The molecule has 0 saturated carbocycles. The highest BCUT2D eigenvalue weighted by Gasteiger charge is 2.20. The van der Waals surface area contributed by atoms with E-state index in [1.807, 2.05) is 32.0 Å². The van der Waals surface area contributed by atoms with E-state index in [2.05, 4.69) is 10.6 Å². The number of aryl methyl sites for hydroxylation is 1. The van der Waals surface area contributed by atoms with E-state index in [1.54, 1.807) is 0 Å². The molecule has 0 aromatic heterocycles. The SMILES string of the molecule is CCOc1ccc(NC(=O)C2CCCNC2)cc1C. The lowest BCUT2D eigenvalue weighted by Crippen LogP contribution is -2.37. The van der Waals surface area contributed by atoms with Crippen LogP contribution in [-0.4, -0.2) is 25.6 Å². The first-order valence-electron chi connectivity index (χ1n) is 6.95. The average Bonchev–Trinajstić information content (AvgIpc) is 2.43. The number of piperidine rings is 1. The third kappa shape index (κ3) is 3.70. The Morgan fingerprint density at radius 2 is 2.37 bits per heavy atom. The van der Waals surface area contributed by atoms with Gasteiger partial charge in [-0.2, -0.15) is 0 Å². The second-order valence-electron chi connectivity index (χ2n) is 4.95. The Balaban J connectivity index is 1.98. The molecule has 1 saturated heterocycles. The maximum absolute atomic E-state index is 12.1. The van der Waals surface area contributed by atoms with Gasteiger partial charge in [0.05, 0.1) is 12.5 Å². The van der Waals surface area contributed by atoms with Crippen LogP contribution < -0.4 is 15.4 Å². The second-order valence-corrected chi connectivity index (χ2v) is 4.95. The molecule has 1 aliphatic rings. The van der Waals surface area contributed by atoms with Crippen LogP contribution in [0.25, 0.3) is 0 Å². The highest BCUT2D eigenvalue weighted by atomic mass is 16.5. The van der Waals surface area contributed by atoms with E-state index in [-0.39, 0.29) is 11.8 Å². The molecule has 0 spiro atoms. The van der Waals surface area contributed by atoms with Gasteiger partial charge in [-0.05, 0) is 57.0 Å². The number of benzene rings is 1. The van der Waals surface area contributed by atoms with Crippen molar-refractivity contribution in [3.05, 3.63) is 23.8 Å². The summed E-state index contributed by atoms with van der Waals surface area (Å²) in [5.74, 6) is 1.07. The number of nitrogens with one attached hydrogen (secondary N) is 2. The van der Waals surface area contributed by atoms with E-state index in [4.69, 9.17) is 4.74 Å². The van der Waals surface area contributed by atoms with E-state index < -0.39 is 0 Å². The number of carbonyl (C=O) groups is 1. The fraction of sp³-hybridized carbons (Fsp3) is 0.533. The lowest BCUT2D eigenvalue weighted by Gasteiger charge is -2.22. The van der Waals surface area contributed by atoms with Gasteiger partial charge in [-0.15, -0.1) is 0 Å². The molecular formula is C15H22N2O2. The lowest BCUT2D eigenvalue weighted by atomic mass is 9.99. The first-order valence-corrected chi connectivity index (χ1v) is 6.95. The molecule has 1 aromatic rings. The van der Waals surface area contributed by atoms with Gasteiger partial charge in [-0.1, -0.05) is 0 Å². The topological polar surface area (TPSA) is 50.4 Å². The number of anilines is 1. The van der Waals surface area contributed by atoms with Crippen molar-refractivity contribution in [2.75, 3.05) is 25.0 Å². The molecule has 1 aromatic carbocycles. The van der Waals surface area contributed by atoms with Gasteiger partial charge in [0, 0.05) is 12.2 Å². The van der Waals surface area contributed by atoms with Gasteiger partial charge in [0.15, 0.2) is 0 Å². The normalized spacial score (nSPS) is 18.9. The predicted molar refractivity (Wildman–Crippen MR) is 76.6 cm³/mol. The van der Waals surface area contributed by atoms with Gasteiger partial charge in [0.25, 0.3) is 0 Å². The first-order chi connectivity index (χ1) is 9.20. The predicted octanol–water partition coefficient (Wildman–Crippen LogP) is 2.33. The Hall–Kier alpha value is -1.55. The largest absolute Gasteiger partial charge is 0.494 e. The lowest BCUT2D eigenvalue weighted by molar-refractivity contribution is -0.120. The monoisotopic (exact) mass is 262 g/mol. The van der Waals surface area contributed by atoms with Gasteiger partial charge in [-0.25, -0.2) is 0 Å². The molecule has 1 unspecified atom stereocenters. The highest BCUT2D eigenvalue weighted by molar-refractivity contribution is 5.92. The van der Waals surface area contributed by atoms with Crippen LogP contribution in [0.1, 0.15) is 25.3 Å². The van der Waals surface area contributed by atoms with Crippen molar-refractivity contribution in [1.29, 1.82) is 0 Å². The van der Waals surface area contributed by atoms with E-state index in [0.29, 0.717) is 6.61 Å². The molecule has 1 heterocycles. The molecule has 4 nitrogen and oxygen atoms in total. The summed E-state index contributed by atoms with van der Waals surface area (Å²) in [5.41, 5.74) is 1.89. The van der Waals surface area contributed by atoms with Gasteiger partial charge in [-0.3, -0.25) is 4.79 Å². The molecule has 104 valence electrons. The van der Waals surface area contributed by atoms with Crippen LogP contribution in [-0.2, 0) is 4.79 Å². The molecule has 0 radical (unpaired) electrons. The van der Waals surface area contributed by atoms with E-state index >= 15 is 0 Å². The van der Waals surface area contributed by atoms with Crippen molar-refractivity contribution >= 4 is 11.6 Å². The molecule has 4 heteroatoms. The van der Waals surface area contributed by atoms with Crippen LogP contribution in [0.3, 0.4) is 0 Å². The van der Waals surface area contributed by atoms with Crippen LogP contribution in [0.4, 0.5) is 5.69 Å². The van der Waals surface area contributed by atoms with Gasteiger partial charge in [0.2, 0.25) is 5.91 Å². The smallest absolute Gasteiger partial charge is 0.228 e. The maximum atomic E-state index is 12.1. The second kappa shape index (κ2) is 6.57. The number of carbonyl (C=O) groups excluding carboxylic acids is 1. The van der Waals surface area contributed by atoms with E-state index in [1.165, 1.54) is 0 Å². The first kappa shape index (κ1) is 13.9. The molecule has 1 aliphatic heterocycles. The Morgan fingerprint density at radius 3 is 3.00 bits per heavy atom. The third-order valence-corrected chi connectivity index (χ3v) is 3.41. The van der Waals surface area contributed by atoms with Crippen molar-refractivity contribution < 1.29 is 9.53 Å². The van der Waals surface area contributed by atoms with Crippen LogP contribution in [0.2, 0.25) is 0 Å². The van der Waals surface area contributed by atoms with Crippen molar-refractivity contribution in [2.24, 2.45) is 5.92 Å². The molecule has 1 amide bonds. The summed E-state index contributed by atoms with van der Waals surface area (Å²) in [6.45, 7) is 6.40. The summed E-state index contributed by atoms with van der Waals surface area (Å²) in [5, 5.41) is 6.25. The Labute approximate surface area is 114 Å². The molecular weight excluding hydrogens is 240 g/mol. The van der Waals surface area contributed by atoms with Crippen LogP contribution in [0.5, 0.6) is 5.75 Å². The van der Waals surface area contributed by atoms with Crippen LogP contribution in [0.15, 0.2) is 18.2 Å². The summed E-state index contributed by atoms with van der Waals surface area (Å²) >= 11 is 0. The van der Waals surface area contributed by atoms with Gasteiger partial charge < -0.3 is 15.4 Å². The molecule has 1 atom stereocenters. The molecule has 1 fully saturated rings. The van der Waals surface area contributed by atoms with Crippen LogP contribution >= 0.6 is 0 Å². The Kier molecular flexibility index (Phi) is 4.80. The highest BCUT2D eigenvalue weighted by Crippen LogP contribution is 2.22. The number of ether oxygens (including phenoxy) is 1. The minimum absolute atomic E-state index is 0.0839. The standard InChI is InChI=1S/C15H22N2O2/c1-3-19-14-7-6-13(9-11(14)2)17-15(18)12-5-4-8-16-10-12/h6-7,9,12,16H,3-5,8,10H2,1-2H3,(H,17,18). The number of amides is 1. The Bertz CT molecular complexity index is 440. The van der Waals surface area contributed by atoms with Crippen LogP contribution in [0, 0.1) is 12.8 Å². The van der Waals surface area contributed by atoms with Crippen molar-refractivity contribution in [2.45, 2.75) is 26.7 Å². The zero-order chi connectivity index (χ0) is 13.7. The molecule has 19 heavy (non-hydrogen) atoms. The van der Waals surface area contributed by atoms with E-state index in [9.17, 15) is 4.79 Å². The molecule has 2 N–H and O–H groups in total. The summed E-state index contributed by atoms with van der Waals surface area (Å²) in [6.07, 6.45) is 2.04. The van der Waals surface area contributed by atoms with Crippen molar-refractivity contribution in [1.82, 2.24) is 5.32 Å². The number of hydrogen-bond donors (Lipinski definition) is 2. The summed E-state index contributed by atoms with van der Waals surface area (Å²) in [6, 6.07) is 5.76.